The fourth-order valence-corrected chi connectivity index (χ4v) is 3.96. The van der Waals surface area contributed by atoms with E-state index in [1.807, 2.05) is 23.8 Å². The number of thiazole rings is 1. The van der Waals surface area contributed by atoms with Crippen molar-refractivity contribution in [3.8, 4) is 10.9 Å². The van der Waals surface area contributed by atoms with E-state index in [4.69, 9.17) is 9.47 Å². The zero-order valence-electron chi connectivity index (χ0n) is 18.8. The van der Waals surface area contributed by atoms with E-state index in [1.54, 1.807) is 49.7 Å². The highest BCUT2D eigenvalue weighted by molar-refractivity contribution is 7.12. The van der Waals surface area contributed by atoms with Gasteiger partial charge in [0, 0.05) is 34.6 Å². The Kier molecular flexibility index (Phi) is 7.78. The third kappa shape index (κ3) is 5.95. The summed E-state index contributed by atoms with van der Waals surface area (Å²) in [6.45, 7) is 4.79. The van der Waals surface area contributed by atoms with Gasteiger partial charge in [-0.2, -0.15) is 0 Å². The van der Waals surface area contributed by atoms with Gasteiger partial charge in [0.15, 0.2) is 11.7 Å². The Morgan fingerprint density at radius 2 is 1.94 bits per heavy atom. The van der Waals surface area contributed by atoms with Gasteiger partial charge in [-0.15, -0.1) is 11.3 Å². The average molecular weight is 468 g/mol. The van der Waals surface area contributed by atoms with Crippen LogP contribution in [0.5, 0.6) is 5.75 Å². The minimum atomic E-state index is -0.909. The highest BCUT2D eigenvalue weighted by Gasteiger charge is 2.21. The highest BCUT2D eigenvalue weighted by atomic mass is 32.1. The molecule has 2 heterocycles. The largest absolute Gasteiger partial charge is 0.497 e. The van der Waals surface area contributed by atoms with Gasteiger partial charge in [-0.05, 0) is 50.6 Å². The minimum absolute atomic E-state index is 0.322. The first kappa shape index (κ1) is 23.9. The normalized spacial score (nSPS) is 11.9. The minimum Gasteiger partial charge on any atom is -0.497 e. The monoisotopic (exact) mass is 467 g/mol. The van der Waals surface area contributed by atoms with Gasteiger partial charge in [0.1, 0.15) is 11.8 Å². The summed E-state index contributed by atoms with van der Waals surface area (Å²) in [5.74, 6) is -0.748. The molecule has 0 fully saturated rings. The standard InChI is InChI=1S/C24H25N3O5S/c1-15-13-20(17(3)27(15)24-25-11-12-33-24)21(28)14-32-23(30)16(2)26-22(29)10-7-18-5-8-19(31-4)9-6-18/h5-13,16H,14H2,1-4H3,(H,26,29)/t16-/m0/s1. The van der Waals surface area contributed by atoms with Crippen LogP contribution in [0.25, 0.3) is 11.2 Å². The second-order valence-corrected chi connectivity index (χ2v) is 8.18. The topological polar surface area (TPSA) is 99.5 Å². The Hall–Kier alpha value is -3.72. The lowest BCUT2D eigenvalue weighted by Crippen LogP contribution is -2.39. The Balaban J connectivity index is 1.52. The molecule has 1 aromatic carbocycles. The summed E-state index contributed by atoms with van der Waals surface area (Å²) >= 11 is 1.47. The molecule has 0 spiro atoms. The molecule has 3 rings (SSSR count). The van der Waals surface area contributed by atoms with E-state index in [2.05, 4.69) is 10.3 Å². The molecule has 0 unspecified atom stereocenters. The number of aryl methyl sites for hydroxylation is 1. The first-order valence-electron chi connectivity index (χ1n) is 10.2. The Morgan fingerprint density at radius 1 is 1.21 bits per heavy atom. The highest BCUT2D eigenvalue weighted by Crippen LogP contribution is 2.22. The number of nitrogens with zero attached hydrogens (tertiary/aromatic N) is 2. The second kappa shape index (κ2) is 10.7. The van der Waals surface area contributed by atoms with E-state index in [0.29, 0.717) is 11.3 Å². The van der Waals surface area contributed by atoms with Crippen LogP contribution in [0, 0.1) is 13.8 Å². The van der Waals surface area contributed by atoms with Crippen molar-refractivity contribution < 1.29 is 23.9 Å². The van der Waals surface area contributed by atoms with Gasteiger partial charge in [0.2, 0.25) is 11.7 Å². The zero-order chi connectivity index (χ0) is 24.0. The third-order valence-corrected chi connectivity index (χ3v) is 5.70. The van der Waals surface area contributed by atoms with Crippen molar-refractivity contribution in [3.05, 3.63) is 70.5 Å². The summed E-state index contributed by atoms with van der Waals surface area (Å²) in [5.41, 5.74) is 2.87. The molecule has 1 amide bonds. The fraction of sp³-hybridized carbons (Fsp3) is 0.250. The predicted octanol–water partition coefficient (Wildman–Crippen LogP) is 3.50. The summed E-state index contributed by atoms with van der Waals surface area (Å²) in [7, 11) is 1.58. The molecule has 0 saturated carbocycles. The number of carbonyl (C=O) groups excluding carboxylic acids is 3. The zero-order valence-corrected chi connectivity index (χ0v) is 19.6. The number of Topliss-reactive ketones (excluding diaryl/α,β-unsaturated/α-hetero) is 1. The predicted molar refractivity (Wildman–Crippen MR) is 126 cm³/mol. The van der Waals surface area contributed by atoms with Crippen LogP contribution < -0.4 is 10.1 Å². The van der Waals surface area contributed by atoms with Crippen LogP contribution in [0.1, 0.15) is 34.2 Å². The molecular formula is C24H25N3O5S. The van der Waals surface area contributed by atoms with Crippen molar-refractivity contribution in [1.82, 2.24) is 14.9 Å². The van der Waals surface area contributed by atoms with Crippen LogP contribution in [0.2, 0.25) is 0 Å². The van der Waals surface area contributed by atoms with Crippen LogP contribution in [-0.4, -0.2) is 47.0 Å². The molecule has 0 aliphatic heterocycles. The van der Waals surface area contributed by atoms with Crippen molar-refractivity contribution in [1.29, 1.82) is 0 Å². The van der Waals surface area contributed by atoms with Crippen molar-refractivity contribution in [3.63, 3.8) is 0 Å². The lowest BCUT2D eigenvalue weighted by atomic mass is 10.1. The molecule has 3 aromatic rings. The number of ketones is 1. The van der Waals surface area contributed by atoms with Crippen LogP contribution in [0.3, 0.4) is 0 Å². The number of amides is 1. The average Bonchev–Trinajstić information content (AvgIpc) is 3.43. The maximum absolute atomic E-state index is 12.6. The van der Waals surface area contributed by atoms with Gasteiger partial charge < -0.3 is 14.8 Å². The van der Waals surface area contributed by atoms with Crippen LogP contribution in [-0.2, 0) is 14.3 Å². The van der Waals surface area contributed by atoms with Crippen LogP contribution >= 0.6 is 11.3 Å². The number of methoxy groups -OCH3 is 1. The molecule has 0 saturated heterocycles. The second-order valence-electron chi connectivity index (χ2n) is 7.30. The molecule has 0 aliphatic rings. The Labute approximate surface area is 195 Å². The molecule has 0 radical (unpaired) electrons. The summed E-state index contributed by atoms with van der Waals surface area (Å²) in [4.78, 5) is 41.3. The third-order valence-electron chi connectivity index (χ3n) is 4.94. The number of carbonyl (C=O) groups is 3. The maximum atomic E-state index is 12.6. The van der Waals surface area contributed by atoms with Crippen molar-refractivity contribution in [2.75, 3.05) is 13.7 Å². The van der Waals surface area contributed by atoms with Crippen LogP contribution in [0.15, 0.2) is 48.0 Å². The summed E-state index contributed by atoms with van der Waals surface area (Å²) in [6.07, 6.45) is 4.64. The number of benzene rings is 1. The van der Waals surface area contributed by atoms with Crippen molar-refractivity contribution in [2.24, 2.45) is 0 Å². The van der Waals surface area contributed by atoms with E-state index in [9.17, 15) is 14.4 Å². The number of aromatic nitrogens is 2. The van der Waals surface area contributed by atoms with E-state index in [1.165, 1.54) is 24.3 Å². The number of rotatable bonds is 9. The molecule has 0 bridgehead atoms. The molecule has 2 aromatic heterocycles. The molecule has 172 valence electrons. The van der Waals surface area contributed by atoms with E-state index >= 15 is 0 Å². The summed E-state index contributed by atoms with van der Waals surface area (Å²) < 4.78 is 12.1. The molecule has 8 nitrogen and oxygen atoms in total. The Morgan fingerprint density at radius 3 is 2.58 bits per heavy atom. The van der Waals surface area contributed by atoms with E-state index in [-0.39, 0.29) is 5.78 Å². The van der Waals surface area contributed by atoms with Crippen LogP contribution in [0.4, 0.5) is 0 Å². The van der Waals surface area contributed by atoms with Crippen molar-refractivity contribution >= 4 is 35.1 Å². The number of esters is 1. The smallest absolute Gasteiger partial charge is 0.328 e. The van der Waals surface area contributed by atoms with Gasteiger partial charge in [-0.3, -0.25) is 14.2 Å². The number of hydrogen-bond donors (Lipinski definition) is 1. The number of hydrogen-bond acceptors (Lipinski definition) is 7. The molecule has 1 N–H and O–H groups in total. The molecule has 1 atom stereocenters. The first-order valence-corrected chi connectivity index (χ1v) is 11.1. The van der Waals surface area contributed by atoms with E-state index in [0.717, 1.165) is 22.1 Å². The van der Waals surface area contributed by atoms with Gasteiger partial charge in [0.25, 0.3) is 0 Å². The van der Waals surface area contributed by atoms with Gasteiger partial charge in [0.05, 0.1) is 7.11 Å². The SMILES string of the molecule is COc1ccc(C=CC(=O)N[C@@H](C)C(=O)OCC(=O)c2cc(C)n(-c3nccs3)c2C)cc1. The summed E-state index contributed by atoms with van der Waals surface area (Å²) in [5, 5.41) is 5.16. The molecular weight excluding hydrogens is 442 g/mol. The van der Waals surface area contributed by atoms with Gasteiger partial charge >= 0.3 is 5.97 Å². The first-order chi connectivity index (χ1) is 15.8. The quantitative estimate of drug-likeness (QED) is 0.294. The number of ether oxygens (including phenoxy) is 2. The lowest BCUT2D eigenvalue weighted by Gasteiger charge is -2.12. The summed E-state index contributed by atoms with van der Waals surface area (Å²) in [6, 6.07) is 8.01. The maximum Gasteiger partial charge on any atom is 0.328 e. The molecule has 9 heteroatoms. The van der Waals surface area contributed by atoms with Crippen molar-refractivity contribution in [2.45, 2.75) is 26.8 Å². The Bertz CT molecular complexity index is 1160. The van der Waals surface area contributed by atoms with Gasteiger partial charge in [-0.25, -0.2) is 9.78 Å². The number of nitrogens with one attached hydrogen (secondary N) is 1. The van der Waals surface area contributed by atoms with E-state index < -0.39 is 24.5 Å². The molecule has 33 heavy (non-hydrogen) atoms. The fourth-order valence-electron chi connectivity index (χ4n) is 3.21. The van der Waals surface area contributed by atoms with Gasteiger partial charge in [-0.1, -0.05) is 12.1 Å². The molecule has 0 aliphatic carbocycles. The lowest BCUT2D eigenvalue weighted by molar-refractivity contribution is -0.145.